The van der Waals surface area contributed by atoms with E-state index in [1.54, 1.807) is 24.3 Å². The van der Waals surface area contributed by atoms with E-state index in [1.165, 1.54) is 11.3 Å². The molecule has 3 aromatic rings. The highest BCUT2D eigenvalue weighted by atomic mass is 35.5. The van der Waals surface area contributed by atoms with Gasteiger partial charge in [0, 0.05) is 34.0 Å². The molecule has 4 rings (SSSR count). The minimum atomic E-state index is -0.227. The molecule has 0 saturated carbocycles. The van der Waals surface area contributed by atoms with Gasteiger partial charge in [0.25, 0.3) is 11.8 Å². The zero-order valence-electron chi connectivity index (χ0n) is 14.3. The van der Waals surface area contributed by atoms with E-state index in [-0.39, 0.29) is 11.8 Å². The number of anilines is 1. The Morgan fingerprint density at radius 3 is 2.52 bits per heavy atom. The number of carbonyl (C=O) groups excluding carboxylic acids is 2. The first kappa shape index (κ1) is 17.7. The number of nitrogens with one attached hydrogen (secondary N) is 1. The summed E-state index contributed by atoms with van der Waals surface area (Å²) in [4.78, 5) is 32.3. The van der Waals surface area contributed by atoms with E-state index in [1.807, 2.05) is 35.2 Å². The molecule has 0 unspecified atom stereocenters. The van der Waals surface area contributed by atoms with Crippen LogP contribution in [0, 0.1) is 0 Å². The fourth-order valence-electron chi connectivity index (χ4n) is 2.96. The van der Waals surface area contributed by atoms with E-state index in [2.05, 4.69) is 10.3 Å². The second-order valence-corrected chi connectivity index (χ2v) is 7.71. The molecule has 2 heterocycles. The number of halogens is 1. The largest absolute Gasteiger partial charge is 0.333 e. The first-order valence-corrected chi connectivity index (χ1v) is 9.69. The third-order valence-corrected chi connectivity index (χ3v) is 5.62. The van der Waals surface area contributed by atoms with E-state index < -0.39 is 0 Å². The van der Waals surface area contributed by atoms with E-state index in [4.69, 9.17) is 11.6 Å². The van der Waals surface area contributed by atoms with Crippen LogP contribution in [0.25, 0.3) is 0 Å². The van der Waals surface area contributed by atoms with Crippen LogP contribution in [0.1, 0.15) is 31.3 Å². The van der Waals surface area contributed by atoms with Crippen molar-refractivity contribution in [2.45, 2.75) is 13.0 Å². The van der Waals surface area contributed by atoms with Crippen LogP contribution in [0.4, 0.5) is 5.13 Å². The minimum absolute atomic E-state index is 0.0152. The summed E-state index contributed by atoms with van der Waals surface area (Å²) >= 11 is 7.27. The molecule has 5 nitrogen and oxygen atoms in total. The van der Waals surface area contributed by atoms with Crippen LogP contribution < -0.4 is 5.32 Å². The Morgan fingerprint density at radius 1 is 1.04 bits per heavy atom. The average Bonchev–Trinajstić information content (AvgIpc) is 3.10. The van der Waals surface area contributed by atoms with Gasteiger partial charge in [-0.05, 0) is 36.4 Å². The van der Waals surface area contributed by atoms with E-state index in [9.17, 15) is 9.59 Å². The number of amides is 2. The van der Waals surface area contributed by atoms with Gasteiger partial charge in [-0.3, -0.25) is 14.9 Å². The maximum atomic E-state index is 12.6. The molecular formula is C20H16ClN3O2S. The minimum Gasteiger partial charge on any atom is -0.333 e. The summed E-state index contributed by atoms with van der Waals surface area (Å²) in [5.41, 5.74) is 2.15. The summed E-state index contributed by atoms with van der Waals surface area (Å²) in [5, 5.41) is 3.97. The van der Waals surface area contributed by atoms with Gasteiger partial charge in [0.1, 0.15) is 0 Å². The molecule has 0 fully saturated rings. The van der Waals surface area contributed by atoms with Crippen LogP contribution >= 0.6 is 22.9 Å². The predicted octanol–water partition coefficient (Wildman–Crippen LogP) is 4.25. The smallest absolute Gasteiger partial charge is 0.257 e. The molecule has 2 aromatic carbocycles. The Hall–Kier alpha value is -2.70. The lowest BCUT2D eigenvalue weighted by Crippen LogP contribution is -2.35. The number of thiazole rings is 1. The molecule has 1 aliphatic heterocycles. The summed E-state index contributed by atoms with van der Waals surface area (Å²) in [6.45, 7) is 1.13. The van der Waals surface area contributed by atoms with Crippen LogP contribution in [-0.2, 0) is 13.0 Å². The van der Waals surface area contributed by atoms with Gasteiger partial charge in [0.2, 0.25) is 0 Å². The number of carbonyl (C=O) groups is 2. The number of aromatic nitrogens is 1. The molecule has 0 radical (unpaired) electrons. The summed E-state index contributed by atoms with van der Waals surface area (Å²) in [5.74, 6) is -0.212. The maximum Gasteiger partial charge on any atom is 0.257 e. The number of hydrogen-bond donors (Lipinski definition) is 1. The molecule has 27 heavy (non-hydrogen) atoms. The van der Waals surface area contributed by atoms with Crippen LogP contribution in [0.3, 0.4) is 0 Å². The van der Waals surface area contributed by atoms with E-state index in [0.29, 0.717) is 40.8 Å². The topological polar surface area (TPSA) is 62.3 Å². The molecule has 2 amide bonds. The molecular weight excluding hydrogens is 382 g/mol. The highest BCUT2D eigenvalue weighted by Gasteiger charge is 2.25. The van der Waals surface area contributed by atoms with Gasteiger partial charge >= 0.3 is 0 Å². The monoisotopic (exact) mass is 397 g/mol. The molecule has 0 saturated heterocycles. The lowest BCUT2D eigenvalue weighted by Gasteiger charge is -2.26. The second kappa shape index (κ2) is 7.50. The molecule has 0 atom stereocenters. The molecule has 0 bridgehead atoms. The Labute approximate surface area is 165 Å². The highest BCUT2D eigenvalue weighted by molar-refractivity contribution is 7.15. The average molecular weight is 398 g/mol. The van der Waals surface area contributed by atoms with Crippen molar-refractivity contribution in [2.75, 3.05) is 11.9 Å². The van der Waals surface area contributed by atoms with E-state index in [0.717, 1.165) is 10.6 Å². The Morgan fingerprint density at radius 2 is 1.78 bits per heavy atom. The highest BCUT2D eigenvalue weighted by Crippen LogP contribution is 2.29. The van der Waals surface area contributed by atoms with Crippen molar-refractivity contribution in [2.24, 2.45) is 0 Å². The third-order valence-electron chi connectivity index (χ3n) is 4.37. The van der Waals surface area contributed by atoms with Gasteiger partial charge in [0.05, 0.1) is 12.2 Å². The zero-order valence-corrected chi connectivity index (χ0v) is 15.9. The number of rotatable bonds is 3. The third kappa shape index (κ3) is 3.86. The molecule has 136 valence electrons. The SMILES string of the molecule is O=C(Nc1nc2c(s1)CN(C(=O)c1ccccc1)CC2)c1ccc(Cl)cc1. The Bertz CT molecular complexity index is 986. The van der Waals surface area contributed by atoms with Crippen molar-refractivity contribution in [3.05, 3.63) is 81.3 Å². The fraction of sp³-hybridized carbons (Fsp3) is 0.150. The molecule has 7 heteroatoms. The van der Waals surface area contributed by atoms with Gasteiger partial charge < -0.3 is 4.90 Å². The van der Waals surface area contributed by atoms with Crippen molar-refractivity contribution in [1.29, 1.82) is 0 Å². The summed E-state index contributed by atoms with van der Waals surface area (Å²) in [6.07, 6.45) is 0.682. The number of hydrogen-bond acceptors (Lipinski definition) is 4. The quantitative estimate of drug-likeness (QED) is 0.718. The first-order valence-electron chi connectivity index (χ1n) is 8.50. The van der Waals surface area contributed by atoms with Gasteiger partial charge in [-0.2, -0.15) is 0 Å². The summed E-state index contributed by atoms with van der Waals surface area (Å²) in [7, 11) is 0. The predicted molar refractivity (Wildman–Crippen MR) is 106 cm³/mol. The van der Waals surface area contributed by atoms with E-state index >= 15 is 0 Å². The normalized spacial score (nSPS) is 13.1. The van der Waals surface area contributed by atoms with Gasteiger partial charge in [-0.25, -0.2) is 4.98 Å². The van der Waals surface area contributed by atoms with Crippen molar-refractivity contribution in [3.63, 3.8) is 0 Å². The number of nitrogens with zero attached hydrogens (tertiary/aromatic N) is 2. The maximum absolute atomic E-state index is 12.6. The fourth-order valence-corrected chi connectivity index (χ4v) is 4.10. The van der Waals surface area contributed by atoms with Crippen LogP contribution in [-0.4, -0.2) is 28.2 Å². The van der Waals surface area contributed by atoms with Crippen LogP contribution in [0.5, 0.6) is 0 Å². The first-order chi connectivity index (χ1) is 13.1. The molecule has 1 aliphatic rings. The van der Waals surface area contributed by atoms with Crippen LogP contribution in [0.15, 0.2) is 54.6 Å². The van der Waals surface area contributed by atoms with Crippen LogP contribution in [0.2, 0.25) is 5.02 Å². The Kier molecular flexibility index (Phi) is 4.92. The van der Waals surface area contributed by atoms with Gasteiger partial charge in [-0.15, -0.1) is 0 Å². The molecule has 1 N–H and O–H groups in total. The summed E-state index contributed by atoms with van der Waals surface area (Å²) < 4.78 is 0. The number of benzene rings is 2. The summed E-state index contributed by atoms with van der Waals surface area (Å²) in [6, 6.07) is 16.0. The zero-order chi connectivity index (χ0) is 18.8. The van der Waals surface area contributed by atoms with Gasteiger partial charge in [0.15, 0.2) is 5.13 Å². The van der Waals surface area contributed by atoms with Crippen molar-refractivity contribution >= 4 is 39.9 Å². The Balaban J connectivity index is 1.46. The standard InChI is InChI=1S/C20H16ClN3O2S/c21-15-8-6-13(7-9-15)18(25)23-20-22-16-10-11-24(12-17(16)27-20)19(26)14-4-2-1-3-5-14/h1-9H,10-12H2,(H,22,23,25). The molecule has 0 aliphatic carbocycles. The molecule has 1 aromatic heterocycles. The second-order valence-electron chi connectivity index (χ2n) is 6.19. The van der Waals surface area contributed by atoms with Crippen molar-refractivity contribution in [3.8, 4) is 0 Å². The number of fused-ring (bicyclic) bond motifs is 1. The van der Waals surface area contributed by atoms with Crippen molar-refractivity contribution < 1.29 is 9.59 Å². The lowest BCUT2D eigenvalue weighted by molar-refractivity contribution is 0.0736. The molecule has 0 spiro atoms. The lowest BCUT2D eigenvalue weighted by atomic mass is 10.1. The van der Waals surface area contributed by atoms with Crippen molar-refractivity contribution in [1.82, 2.24) is 9.88 Å². The van der Waals surface area contributed by atoms with Gasteiger partial charge in [-0.1, -0.05) is 41.1 Å².